The van der Waals surface area contributed by atoms with Crippen LogP contribution in [0.25, 0.3) is 0 Å². The topological polar surface area (TPSA) is 83.8 Å². The number of piperazine rings is 1. The number of halogens is 1. The average molecular weight is 394 g/mol. The SMILES string of the molecule is CC(=O)c1ccc(C(=O)N2CCN(c3ccc(Cl)cc3[N+](=O)[O-])CC2)s1. The molecule has 0 bridgehead atoms. The van der Waals surface area contributed by atoms with Crippen LogP contribution in [0.1, 0.15) is 26.3 Å². The molecule has 1 fully saturated rings. The van der Waals surface area contributed by atoms with Crippen LogP contribution in [-0.4, -0.2) is 47.7 Å². The van der Waals surface area contributed by atoms with E-state index in [1.54, 1.807) is 29.2 Å². The number of nitro groups is 1. The summed E-state index contributed by atoms with van der Waals surface area (Å²) in [4.78, 5) is 39.4. The van der Waals surface area contributed by atoms with Crippen molar-refractivity contribution < 1.29 is 14.5 Å². The van der Waals surface area contributed by atoms with Crippen LogP contribution in [0.5, 0.6) is 0 Å². The summed E-state index contributed by atoms with van der Waals surface area (Å²) in [6.45, 7) is 3.34. The number of nitrogens with zero attached hydrogens (tertiary/aromatic N) is 3. The first-order chi connectivity index (χ1) is 12.4. The maximum Gasteiger partial charge on any atom is 0.294 e. The quantitative estimate of drug-likeness (QED) is 0.451. The summed E-state index contributed by atoms with van der Waals surface area (Å²) in [7, 11) is 0. The maximum absolute atomic E-state index is 12.6. The summed E-state index contributed by atoms with van der Waals surface area (Å²) in [6.07, 6.45) is 0. The van der Waals surface area contributed by atoms with Gasteiger partial charge in [-0.3, -0.25) is 19.7 Å². The molecule has 3 rings (SSSR count). The Morgan fingerprint density at radius 3 is 2.35 bits per heavy atom. The standard InChI is InChI=1S/C17H16ClN3O4S/c1-11(22)15-4-5-16(26-15)17(23)20-8-6-19(7-9-20)13-3-2-12(18)10-14(13)21(24)25/h2-5,10H,6-9H2,1H3. The number of rotatable bonds is 4. The van der Waals surface area contributed by atoms with Crippen molar-refractivity contribution in [1.29, 1.82) is 0 Å². The number of anilines is 1. The number of ketones is 1. The van der Waals surface area contributed by atoms with Crippen LogP contribution < -0.4 is 4.90 Å². The molecule has 1 aliphatic rings. The van der Waals surface area contributed by atoms with Crippen LogP contribution in [0.15, 0.2) is 30.3 Å². The highest BCUT2D eigenvalue weighted by atomic mass is 35.5. The fraction of sp³-hybridized carbons (Fsp3) is 0.294. The Morgan fingerprint density at radius 2 is 1.77 bits per heavy atom. The number of hydrogen-bond donors (Lipinski definition) is 0. The highest BCUT2D eigenvalue weighted by Gasteiger charge is 2.27. The van der Waals surface area contributed by atoms with E-state index in [-0.39, 0.29) is 17.4 Å². The van der Waals surface area contributed by atoms with Gasteiger partial charge in [0.1, 0.15) is 5.69 Å². The predicted molar refractivity (Wildman–Crippen MR) is 101 cm³/mol. The average Bonchev–Trinajstić information content (AvgIpc) is 3.11. The minimum atomic E-state index is -0.451. The first kappa shape index (κ1) is 18.3. The molecule has 0 unspecified atom stereocenters. The Labute approximate surface area is 158 Å². The molecule has 1 aromatic heterocycles. The van der Waals surface area contributed by atoms with Crippen LogP contribution in [0.3, 0.4) is 0 Å². The molecule has 0 atom stereocenters. The van der Waals surface area contributed by atoms with E-state index in [1.165, 1.54) is 24.3 Å². The summed E-state index contributed by atoms with van der Waals surface area (Å²) in [5.74, 6) is -0.179. The number of amides is 1. The molecule has 9 heteroatoms. The Hall–Kier alpha value is -2.45. The second-order valence-electron chi connectivity index (χ2n) is 5.89. The summed E-state index contributed by atoms with van der Waals surface area (Å²) in [5.41, 5.74) is 0.461. The second kappa shape index (κ2) is 7.43. The van der Waals surface area contributed by atoms with Gasteiger partial charge in [-0.2, -0.15) is 0 Å². The molecule has 136 valence electrons. The van der Waals surface area contributed by atoms with E-state index in [0.29, 0.717) is 46.6 Å². The van der Waals surface area contributed by atoms with E-state index < -0.39 is 4.92 Å². The van der Waals surface area contributed by atoms with E-state index >= 15 is 0 Å². The van der Waals surface area contributed by atoms with E-state index in [4.69, 9.17) is 11.6 Å². The fourth-order valence-corrected chi connectivity index (χ4v) is 3.89. The van der Waals surface area contributed by atoms with Crippen molar-refractivity contribution >= 4 is 46.0 Å². The molecule has 0 saturated carbocycles. The zero-order chi connectivity index (χ0) is 18.8. The molecule has 0 spiro atoms. The molecule has 1 aromatic carbocycles. The molecule has 1 amide bonds. The number of thiophene rings is 1. The lowest BCUT2D eigenvalue weighted by Crippen LogP contribution is -2.48. The summed E-state index contributed by atoms with van der Waals surface area (Å²) < 4.78 is 0. The molecular weight excluding hydrogens is 378 g/mol. The van der Waals surface area contributed by atoms with Gasteiger partial charge >= 0.3 is 0 Å². The highest BCUT2D eigenvalue weighted by molar-refractivity contribution is 7.15. The molecule has 26 heavy (non-hydrogen) atoms. The van der Waals surface area contributed by atoms with Crippen molar-refractivity contribution in [3.8, 4) is 0 Å². The molecular formula is C17H16ClN3O4S. The van der Waals surface area contributed by atoms with Gasteiger partial charge in [-0.1, -0.05) is 11.6 Å². The first-order valence-corrected chi connectivity index (χ1v) is 9.15. The third-order valence-electron chi connectivity index (χ3n) is 4.21. The van der Waals surface area contributed by atoms with Gasteiger partial charge < -0.3 is 9.80 Å². The molecule has 2 aromatic rings. The van der Waals surface area contributed by atoms with Crippen LogP contribution in [0.4, 0.5) is 11.4 Å². The lowest BCUT2D eigenvalue weighted by atomic mass is 10.2. The normalized spacial score (nSPS) is 14.4. The number of hydrogen-bond acceptors (Lipinski definition) is 6. The summed E-state index contributed by atoms with van der Waals surface area (Å²) >= 11 is 7.05. The van der Waals surface area contributed by atoms with Crippen molar-refractivity contribution in [1.82, 2.24) is 4.90 Å². The van der Waals surface area contributed by atoms with Crippen molar-refractivity contribution in [3.63, 3.8) is 0 Å². The third kappa shape index (κ3) is 3.71. The van der Waals surface area contributed by atoms with Gasteiger partial charge in [0.05, 0.1) is 14.7 Å². The van der Waals surface area contributed by atoms with E-state index in [9.17, 15) is 19.7 Å². The lowest BCUT2D eigenvalue weighted by molar-refractivity contribution is -0.384. The summed E-state index contributed by atoms with van der Waals surface area (Å²) in [6, 6.07) is 7.92. The van der Waals surface area contributed by atoms with E-state index in [0.717, 1.165) is 0 Å². The minimum absolute atomic E-state index is 0.0402. The largest absolute Gasteiger partial charge is 0.362 e. The van der Waals surface area contributed by atoms with Gasteiger partial charge in [0.25, 0.3) is 11.6 Å². The number of benzene rings is 1. The molecule has 1 aliphatic heterocycles. The zero-order valence-electron chi connectivity index (χ0n) is 14.0. The Morgan fingerprint density at radius 1 is 1.12 bits per heavy atom. The number of Topliss-reactive ketones (excluding diaryl/α,β-unsaturated/α-hetero) is 1. The highest BCUT2D eigenvalue weighted by Crippen LogP contribution is 2.32. The summed E-state index contributed by atoms with van der Waals surface area (Å²) in [5, 5.41) is 11.6. The number of nitro benzene ring substituents is 1. The van der Waals surface area contributed by atoms with Gasteiger partial charge in [-0.05, 0) is 31.2 Å². The van der Waals surface area contributed by atoms with Gasteiger partial charge in [0.15, 0.2) is 5.78 Å². The monoisotopic (exact) mass is 393 g/mol. The second-order valence-corrected chi connectivity index (χ2v) is 7.41. The fourth-order valence-electron chi connectivity index (χ4n) is 2.86. The van der Waals surface area contributed by atoms with Gasteiger partial charge in [-0.15, -0.1) is 11.3 Å². The Kier molecular flexibility index (Phi) is 5.24. The van der Waals surface area contributed by atoms with Gasteiger partial charge in [-0.25, -0.2) is 0 Å². The molecule has 1 saturated heterocycles. The smallest absolute Gasteiger partial charge is 0.294 e. The van der Waals surface area contributed by atoms with Gasteiger partial charge in [0.2, 0.25) is 0 Å². The minimum Gasteiger partial charge on any atom is -0.362 e. The van der Waals surface area contributed by atoms with Crippen molar-refractivity contribution in [2.75, 3.05) is 31.1 Å². The Bertz CT molecular complexity index is 875. The maximum atomic E-state index is 12.6. The van der Waals surface area contributed by atoms with Crippen LogP contribution in [-0.2, 0) is 0 Å². The molecule has 0 aliphatic carbocycles. The van der Waals surface area contributed by atoms with Crippen LogP contribution in [0.2, 0.25) is 5.02 Å². The lowest BCUT2D eigenvalue weighted by Gasteiger charge is -2.35. The van der Waals surface area contributed by atoms with Gasteiger partial charge in [0, 0.05) is 37.3 Å². The molecule has 0 radical (unpaired) electrons. The van der Waals surface area contributed by atoms with Crippen molar-refractivity contribution in [2.45, 2.75) is 6.92 Å². The number of carbonyl (C=O) groups excluding carboxylic acids is 2. The molecule has 0 N–H and O–H groups in total. The Balaban J connectivity index is 1.70. The van der Waals surface area contributed by atoms with Crippen molar-refractivity contribution in [3.05, 3.63) is 55.2 Å². The molecule has 2 heterocycles. The van der Waals surface area contributed by atoms with Crippen molar-refractivity contribution in [2.24, 2.45) is 0 Å². The zero-order valence-corrected chi connectivity index (χ0v) is 15.5. The van der Waals surface area contributed by atoms with E-state index in [2.05, 4.69) is 0 Å². The molecule has 7 nitrogen and oxygen atoms in total. The van der Waals surface area contributed by atoms with E-state index in [1.807, 2.05) is 4.90 Å². The predicted octanol–water partition coefficient (Wildman–Crippen LogP) is 3.47. The van der Waals surface area contributed by atoms with Crippen LogP contribution >= 0.6 is 22.9 Å². The first-order valence-electron chi connectivity index (χ1n) is 7.96. The third-order valence-corrected chi connectivity index (χ3v) is 5.61. The van der Waals surface area contributed by atoms with Crippen LogP contribution in [0, 0.1) is 10.1 Å². The number of carbonyl (C=O) groups is 2.